The first kappa shape index (κ1) is 19.1. The Morgan fingerprint density at radius 3 is 2.46 bits per heavy atom. The number of H-pyrrole nitrogens is 1. The number of fused-ring (bicyclic) bond motifs is 1. The molecule has 0 aliphatic carbocycles. The number of para-hydroxylation sites is 1. The third-order valence-corrected chi connectivity index (χ3v) is 4.37. The van der Waals surface area contributed by atoms with Gasteiger partial charge in [0.2, 0.25) is 0 Å². The van der Waals surface area contributed by atoms with Crippen molar-refractivity contribution in [1.82, 2.24) is 15.6 Å². The molecule has 0 atom stereocenters. The Morgan fingerprint density at radius 2 is 1.75 bits per heavy atom. The lowest BCUT2D eigenvalue weighted by atomic mass is 10.1. The van der Waals surface area contributed by atoms with E-state index in [4.69, 9.17) is 0 Å². The molecule has 0 saturated carbocycles. The Bertz CT molecular complexity index is 1010. The van der Waals surface area contributed by atoms with E-state index in [0.717, 1.165) is 10.9 Å². The first-order chi connectivity index (χ1) is 13.5. The number of nitrogens with one attached hydrogen (secondary N) is 3. The summed E-state index contributed by atoms with van der Waals surface area (Å²) in [5, 5.41) is 17.4. The standard InChI is InChI=1S/C20H20N4O4/c1-13-7-8-15(12-18(13)24(27)28)19(25)21-9-4-10-22-20(26)17-11-14-5-2-3-6-16(14)23-17/h2-3,5-8,11-12,23H,4,9-10H2,1H3,(H,21,25)(H,22,26). The number of nitro benzene ring substituents is 1. The van der Waals surface area contributed by atoms with Crippen molar-refractivity contribution in [3.8, 4) is 0 Å². The highest BCUT2D eigenvalue weighted by Crippen LogP contribution is 2.19. The lowest BCUT2D eigenvalue weighted by molar-refractivity contribution is -0.385. The van der Waals surface area contributed by atoms with Crippen molar-refractivity contribution in [1.29, 1.82) is 0 Å². The molecule has 28 heavy (non-hydrogen) atoms. The molecule has 0 fully saturated rings. The fourth-order valence-corrected chi connectivity index (χ4v) is 2.83. The lowest BCUT2D eigenvalue weighted by Crippen LogP contribution is -2.30. The van der Waals surface area contributed by atoms with Gasteiger partial charge < -0.3 is 15.6 Å². The van der Waals surface area contributed by atoms with Gasteiger partial charge in [-0.15, -0.1) is 0 Å². The Balaban J connectivity index is 1.45. The molecule has 8 nitrogen and oxygen atoms in total. The Labute approximate surface area is 161 Å². The van der Waals surface area contributed by atoms with E-state index in [9.17, 15) is 19.7 Å². The minimum atomic E-state index is -0.508. The SMILES string of the molecule is Cc1ccc(C(=O)NCCCNC(=O)c2cc3ccccc3[nH]2)cc1[N+](=O)[O-]. The van der Waals surface area contributed by atoms with Gasteiger partial charge in [-0.1, -0.05) is 24.3 Å². The molecule has 3 aromatic rings. The van der Waals surface area contributed by atoms with Gasteiger partial charge in [-0.05, 0) is 31.5 Å². The molecule has 0 bridgehead atoms. The van der Waals surface area contributed by atoms with Crippen LogP contribution in [0, 0.1) is 17.0 Å². The molecule has 0 unspecified atom stereocenters. The molecule has 1 aromatic heterocycles. The maximum absolute atomic E-state index is 12.2. The molecule has 0 aliphatic rings. The van der Waals surface area contributed by atoms with E-state index < -0.39 is 4.92 Å². The fourth-order valence-electron chi connectivity index (χ4n) is 2.83. The number of carbonyl (C=O) groups is 2. The lowest BCUT2D eigenvalue weighted by Gasteiger charge is -2.07. The predicted molar refractivity (Wildman–Crippen MR) is 105 cm³/mol. The number of nitro groups is 1. The molecular formula is C20H20N4O4. The number of hydrogen-bond acceptors (Lipinski definition) is 4. The summed E-state index contributed by atoms with van der Waals surface area (Å²) in [4.78, 5) is 37.8. The number of aromatic nitrogens is 1. The van der Waals surface area contributed by atoms with Gasteiger partial charge in [0, 0.05) is 41.2 Å². The number of nitrogens with zero attached hydrogens (tertiary/aromatic N) is 1. The van der Waals surface area contributed by atoms with Gasteiger partial charge in [-0.3, -0.25) is 19.7 Å². The second kappa shape index (κ2) is 8.34. The zero-order valence-electron chi connectivity index (χ0n) is 15.3. The van der Waals surface area contributed by atoms with Gasteiger partial charge in [0.05, 0.1) is 4.92 Å². The summed E-state index contributed by atoms with van der Waals surface area (Å²) in [6, 6.07) is 13.8. The van der Waals surface area contributed by atoms with Crippen LogP contribution in [0.15, 0.2) is 48.5 Å². The van der Waals surface area contributed by atoms with Crippen LogP contribution in [0.3, 0.4) is 0 Å². The average Bonchev–Trinajstić information content (AvgIpc) is 3.12. The Kier molecular flexibility index (Phi) is 5.69. The zero-order chi connectivity index (χ0) is 20.1. The van der Waals surface area contributed by atoms with Gasteiger partial charge in [0.1, 0.15) is 5.69 Å². The van der Waals surface area contributed by atoms with Crippen molar-refractivity contribution in [3.05, 3.63) is 75.5 Å². The van der Waals surface area contributed by atoms with Gasteiger partial charge >= 0.3 is 0 Å². The van der Waals surface area contributed by atoms with Crippen molar-refractivity contribution >= 4 is 28.4 Å². The number of rotatable bonds is 7. The van der Waals surface area contributed by atoms with E-state index >= 15 is 0 Å². The number of aromatic amines is 1. The molecule has 0 saturated heterocycles. The fraction of sp³-hybridized carbons (Fsp3) is 0.200. The molecule has 3 N–H and O–H groups in total. The van der Waals surface area contributed by atoms with Crippen molar-refractivity contribution in [2.75, 3.05) is 13.1 Å². The molecule has 3 rings (SSSR count). The molecule has 144 valence electrons. The van der Waals surface area contributed by atoms with Crippen LogP contribution >= 0.6 is 0 Å². The minimum Gasteiger partial charge on any atom is -0.352 e. The zero-order valence-corrected chi connectivity index (χ0v) is 15.3. The number of benzene rings is 2. The van der Waals surface area contributed by atoms with Crippen LogP contribution in [0.5, 0.6) is 0 Å². The number of hydrogen-bond donors (Lipinski definition) is 3. The molecule has 0 radical (unpaired) electrons. The highest BCUT2D eigenvalue weighted by Gasteiger charge is 2.14. The number of aryl methyl sites for hydroxylation is 1. The largest absolute Gasteiger partial charge is 0.352 e. The van der Waals surface area contributed by atoms with Crippen LogP contribution in [0.4, 0.5) is 5.69 Å². The van der Waals surface area contributed by atoms with Crippen LogP contribution in [0.1, 0.15) is 32.8 Å². The van der Waals surface area contributed by atoms with Gasteiger partial charge in [-0.25, -0.2) is 0 Å². The molecule has 8 heteroatoms. The Hall–Kier alpha value is -3.68. The topological polar surface area (TPSA) is 117 Å². The second-order valence-corrected chi connectivity index (χ2v) is 6.39. The van der Waals surface area contributed by atoms with E-state index in [1.165, 1.54) is 6.07 Å². The third-order valence-electron chi connectivity index (χ3n) is 4.37. The minimum absolute atomic E-state index is 0.0850. The van der Waals surface area contributed by atoms with Crippen LogP contribution in [-0.4, -0.2) is 34.8 Å². The van der Waals surface area contributed by atoms with E-state index in [1.807, 2.05) is 24.3 Å². The third kappa shape index (κ3) is 4.35. The summed E-state index contributed by atoms with van der Waals surface area (Å²) in [7, 11) is 0. The van der Waals surface area contributed by atoms with E-state index in [-0.39, 0.29) is 23.1 Å². The summed E-state index contributed by atoms with van der Waals surface area (Å²) >= 11 is 0. The smallest absolute Gasteiger partial charge is 0.273 e. The summed E-state index contributed by atoms with van der Waals surface area (Å²) in [6.45, 7) is 2.35. The quantitative estimate of drug-likeness (QED) is 0.332. The van der Waals surface area contributed by atoms with Crippen LogP contribution in [-0.2, 0) is 0 Å². The average molecular weight is 380 g/mol. The van der Waals surface area contributed by atoms with Crippen LogP contribution in [0.2, 0.25) is 0 Å². The first-order valence-electron chi connectivity index (χ1n) is 8.85. The normalized spacial score (nSPS) is 10.6. The first-order valence-corrected chi connectivity index (χ1v) is 8.85. The van der Waals surface area contributed by atoms with Crippen molar-refractivity contribution < 1.29 is 14.5 Å². The summed E-state index contributed by atoms with van der Waals surface area (Å²) in [6.07, 6.45) is 0.533. The monoisotopic (exact) mass is 380 g/mol. The van der Waals surface area contributed by atoms with Crippen molar-refractivity contribution in [3.63, 3.8) is 0 Å². The van der Waals surface area contributed by atoms with Gasteiger partial charge in [0.15, 0.2) is 0 Å². The molecule has 2 amide bonds. The molecule has 0 spiro atoms. The molecule has 0 aliphatic heterocycles. The maximum atomic E-state index is 12.2. The summed E-state index contributed by atoms with van der Waals surface area (Å²) in [5.74, 6) is -0.596. The molecular weight excluding hydrogens is 360 g/mol. The highest BCUT2D eigenvalue weighted by molar-refractivity contribution is 5.98. The molecule has 1 heterocycles. The highest BCUT2D eigenvalue weighted by atomic mass is 16.6. The predicted octanol–water partition coefficient (Wildman–Crippen LogP) is 2.93. The number of carbonyl (C=O) groups excluding carboxylic acids is 2. The van der Waals surface area contributed by atoms with Gasteiger partial charge in [0.25, 0.3) is 17.5 Å². The summed E-state index contributed by atoms with van der Waals surface area (Å²) in [5.41, 5.74) is 2.03. The Morgan fingerprint density at radius 1 is 1.04 bits per heavy atom. The number of amides is 2. The van der Waals surface area contributed by atoms with Crippen molar-refractivity contribution in [2.45, 2.75) is 13.3 Å². The van der Waals surface area contributed by atoms with Crippen molar-refractivity contribution in [2.24, 2.45) is 0 Å². The maximum Gasteiger partial charge on any atom is 0.273 e. The van der Waals surface area contributed by atoms with Crippen LogP contribution < -0.4 is 10.6 Å². The van der Waals surface area contributed by atoms with Crippen LogP contribution in [0.25, 0.3) is 10.9 Å². The molecule has 2 aromatic carbocycles. The second-order valence-electron chi connectivity index (χ2n) is 6.39. The summed E-state index contributed by atoms with van der Waals surface area (Å²) < 4.78 is 0. The van der Waals surface area contributed by atoms with Gasteiger partial charge in [-0.2, -0.15) is 0 Å². The van der Waals surface area contributed by atoms with E-state index in [1.54, 1.807) is 25.1 Å². The van der Waals surface area contributed by atoms with E-state index in [2.05, 4.69) is 15.6 Å². The van der Waals surface area contributed by atoms with E-state index in [0.29, 0.717) is 30.8 Å².